The number of tetrazole rings is 1. The van der Waals surface area contributed by atoms with Crippen molar-refractivity contribution in [3.05, 3.63) is 64.7 Å². The summed E-state index contributed by atoms with van der Waals surface area (Å²) in [5.41, 5.74) is 3.41. The van der Waals surface area contributed by atoms with E-state index in [9.17, 15) is 0 Å². The SMILES string of the molecule is Cc1ccccc1CSc1nnnn1-c1cccc(Cl)c1. The van der Waals surface area contributed by atoms with Crippen LogP contribution < -0.4 is 0 Å². The highest BCUT2D eigenvalue weighted by Gasteiger charge is 2.10. The van der Waals surface area contributed by atoms with E-state index in [1.807, 2.05) is 36.4 Å². The van der Waals surface area contributed by atoms with Gasteiger partial charge in [-0.15, -0.1) is 5.10 Å². The summed E-state index contributed by atoms with van der Waals surface area (Å²) in [6.07, 6.45) is 0. The van der Waals surface area contributed by atoms with Crippen LogP contribution in [0.1, 0.15) is 11.1 Å². The van der Waals surface area contributed by atoms with E-state index in [0.717, 1.165) is 16.6 Å². The molecular weight excluding hydrogens is 304 g/mol. The van der Waals surface area contributed by atoms with Gasteiger partial charge in [-0.2, -0.15) is 4.68 Å². The summed E-state index contributed by atoms with van der Waals surface area (Å²) < 4.78 is 1.70. The zero-order valence-electron chi connectivity index (χ0n) is 11.4. The number of aryl methyl sites for hydroxylation is 1. The largest absolute Gasteiger partial charge is 0.214 e. The van der Waals surface area contributed by atoms with Crippen LogP contribution >= 0.6 is 23.4 Å². The predicted octanol–water partition coefficient (Wildman–Crippen LogP) is 3.92. The molecule has 3 aromatic rings. The number of rotatable bonds is 4. The molecule has 4 nitrogen and oxygen atoms in total. The molecule has 0 saturated heterocycles. The molecule has 2 aromatic carbocycles. The van der Waals surface area contributed by atoms with Crippen LogP contribution in [-0.2, 0) is 5.75 Å². The topological polar surface area (TPSA) is 43.6 Å². The number of aromatic nitrogens is 4. The minimum Gasteiger partial charge on any atom is -0.187 e. The number of thioether (sulfide) groups is 1. The van der Waals surface area contributed by atoms with Crippen molar-refractivity contribution in [3.8, 4) is 5.69 Å². The lowest BCUT2D eigenvalue weighted by molar-refractivity contribution is 0.756. The molecule has 6 heteroatoms. The maximum atomic E-state index is 6.02. The molecule has 1 aromatic heterocycles. The Labute approximate surface area is 132 Å². The van der Waals surface area contributed by atoms with Gasteiger partial charge in [0, 0.05) is 10.8 Å². The maximum Gasteiger partial charge on any atom is 0.214 e. The fourth-order valence-electron chi connectivity index (χ4n) is 1.95. The first-order valence-electron chi connectivity index (χ1n) is 6.45. The minimum atomic E-state index is 0.665. The first-order chi connectivity index (χ1) is 10.2. The summed E-state index contributed by atoms with van der Waals surface area (Å²) in [6, 6.07) is 15.8. The number of nitrogens with zero attached hydrogens (tertiary/aromatic N) is 4. The molecule has 0 radical (unpaired) electrons. The molecule has 0 aliphatic carbocycles. The Kier molecular flexibility index (Phi) is 4.22. The van der Waals surface area contributed by atoms with Gasteiger partial charge in [0.05, 0.1) is 5.69 Å². The summed E-state index contributed by atoms with van der Waals surface area (Å²) in [6.45, 7) is 2.11. The molecule has 0 N–H and O–H groups in total. The molecule has 0 aliphatic rings. The van der Waals surface area contributed by atoms with Crippen LogP contribution in [0.5, 0.6) is 0 Å². The second-order valence-corrected chi connectivity index (χ2v) is 5.95. The third-order valence-corrected chi connectivity index (χ3v) is 4.31. The van der Waals surface area contributed by atoms with Gasteiger partial charge in [-0.1, -0.05) is 53.7 Å². The number of hydrogen-bond donors (Lipinski definition) is 0. The van der Waals surface area contributed by atoms with Gasteiger partial charge < -0.3 is 0 Å². The summed E-state index contributed by atoms with van der Waals surface area (Å²) >= 11 is 7.62. The summed E-state index contributed by atoms with van der Waals surface area (Å²) in [7, 11) is 0. The van der Waals surface area contributed by atoms with Gasteiger partial charge in [0.15, 0.2) is 0 Å². The van der Waals surface area contributed by atoms with Gasteiger partial charge in [0.2, 0.25) is 5.16 Å². The second kappa shape index (κ2) is 6.28. The highest BCUT2D eigenvalue weighted by Crippen LogP contribution is 2.24. The Balaban J connectivity index is 1.82. The molecule has 106 valence electrons. The molecule has 0 unspecified atom stereocenters. The van der Waals surface area contributed by atoms with E-state index < -0.39 is 0 Å². The fourth-order valence-corrected chi connectivity index (χ4v) is 3.10. The van der Waals surface area contributed by atoms with Crippen molar-refractivity contribution < 1.29 is 0 Å². The van der Waals surface area contributed by atoms with Crippen molar-refractivity contribution in [1.29, 1.82) is 0 Å². The predicted molar refractivity (Wildman–Crippen MR) is 84.9 cm³/mol. The average Bonchev–Trinajstić information content (AvgIpc) is 2.95. The van der Waals surface area contributed by atoms with Crippen LogP contribution in [0.2, 0.25) is 5.02 Å². The molecule has 3 rings (SSSR count). The Hall–Kier alpha value is -1.85. The van der Waals surface area contributed by atoms with Crippen molar-refractivity contribution in [3.63, 3.8) is 0 Å². The van der Waals surface area contributed by atoms with Gasteiger partial charge in [-0.05, 0) is 46.7 Å². The Bertz CT molecular complexity index is 757. The standard InChI is InChI=1S/C15H13ClN4S/c1-11-5-2-3-6-12(11)10-21-15-17-18-19-20(15)14-8-4-7-13(16)9-14/h2-9H,10H2,1H3. The molecule has 0 spiro atoms. The van der Waals surface area contributed by atoms with E-state index in [1.54, 1.807) is 16.4 Å². The van der Waals surface area contributed by atoms with E-state index in [0.29, 0.717) is 5.02 Å². The van der Waals surface area contributed by atoms with Crippen molar-refractivity contribution in [2.75, 3.05) is 0 Å². The van der Waals surface area contributed by atoms with Crippen LogP contribution in [0, 0.1) is 6.92 Å². The van der Waals surface area contributed by atoms with E-state index in [-0.39, 0.29) is 0 Å². The molecule has 0 atom stereocenters. The van der Waals surface area contributed by atoms with E-state index >= 15 is 0 Å². The first-order valence-corrected chi connectivity index (χ1v) is 7.82. The Morgan fingerprint density at radius 3 is 2.81 bits per heavy atom. The lowest BCUT2D eigenvalue weighted by Gasteiger charge is -2.06. The van der Waals surface area contributed by atoms with Gasteiger partial charge >= 0.3 is 0 Å². The van der Waals surface area contributed by atoms with Crippen molar-refractivity contribution in [1.82, 2.24) is 20.2 Å². The van der Waals surface area contributed by atoms with Crippen LogP contribution in [0.3, 0.4) is 0 Å². The molecule has 0 aliphatic heterocycles. The fraction of sp³-hybridized carbons (Fsp3) is 0.133. The molecule has 0 saturated carbocycles. The van der Waals surface area contributed by atoms with Crippen LogP contribution in [0.4, 0.5) is 0 Å². The summed E-state index contributed by atoms with van der Waals surface area (Å²) in [5.74, 6) is 0.827. The van der Waals surface area contributed by atoms with E-state index in [1.165, 1.54) is 11.1 Å². The van der Waals surface area contributed by atoms with Crippen LogP contribution in [-0.4, -0.2) is 20.2 Å². The van der Waals surface area contributed by atoms with E-state index in [2.05, 4.69) is 34.6 Å². The van der Waals surface area contributed by atoms with Crippen LogP contribution in [0.15, 0.2) is 53.7 Å². The van der Waals surface area contributed by atoms with Gasteiger partial charge in [0.1, 0.15) is 0 Å². The molecule has 21 heavy (non-hydrogen) atoms. The van der Waals surface area contributed by atoms with Gasteiger partial charge in [0.25, 0.3) is 0 Å². The van der Waals surface area contributed by atoms with Gasteiger partial charge in [-0.25, -0.2) is 0 Å². The Morgan fingerprint density at radius 1 is 1.14 bits per heavy atom. The van der Waals surface area contributed by atoms with Crippen molar-refractivity contribution in [2.24, 2.45) is 0 Å². The van der Waals surface area contributed by atoms with Crippen LogP contribution in [0.25, 0.3) is 5.69 Å². The summed E-state index contributed by atoms with van der Waals surface area (Å²) in [5, 5.41) is 13.3. The van der Waals surface area contributed by atoms with Gasteiger partial charge in [-0.3, -0.25) is 0 Å². The molecular formula is C15H13ClN4S. The molecule has 1 heterocycles. The quantitative estimate of drug-likeness (QED) is 0.684. The lowest BCUT2D eigenvalue weighted by Crippen LogP contribution is -1.99. The van der Waals surface area contributed by atoms with Crippen molar-refractivity contribution in [2.45, 2.75) is 17.8 Å². The summed E-state index contributed by atoms with van der Waals surface area (Å²) in [4.78, 5) is 0. The zero-order valence-corrected chi connectivity index (χ0v) is 13.0. The maximum absolute atomic E-state index is 6.02. The number of halogens is 1. The normalized spacial score (nSPS) is 10.8. The third kappa shape index (κ3) is 3.25. The second-order valence-electron chi connectivity index (χ2n) is 4.57. The van der Waals surface area contributed by atoms with E-state index in [4.69, 9.17) is 11.6 Å². The van der Waals surface area contributed by atoms with Crippen molar-refractivity contribution >= 4 is 23.4 Å². The highest BCUT2D eigenvalue weighted by molar-refractivity contribution is 7.98. The first kappa shape index (κ1) is 14.1. The third-order valence-electron chi connectivity index (χ3n) is 3.11. The monoisotopic (exact) mass is 316 g/mol. The molecule has 0 amide bonds. The smallest absolute Gasteiger partial charge is 0.187 e. The number of benzene rings is 2. The number of hydrogen-bond acceptors (Lipinski definition) is 4. The average molecular weight is 317 g/mol. The molecule has 0 fully saturated rings. The zero-order chi connectivity index (χ0) is 14.7. The highest BCUT2D eigenvalue weighted by atomic mass is 35.5. The minimum absolute atomic E-state index is 0.665. The lowest BCUT2D eigenvalue weighted by atomic mass is 10.1. The molecule has 0 bridgehead atoms. The Morgan fingerprint density at radius 2 is 2.00 bits per heavy atom.